The van der Waals surface area contributed by atoms with Crippen LogP contribution >= 0.6 is 0 Å². The van der Waals surface area contributed by atoms with Crippen LogP contribution in [-0.2, 0) is 22.7 Å². The van der Waals surface area contributed by atoms with E-state index in [-0.39, 0.29) is 31.0 Å². The van der Waals surface area contributed by atoms with Gasteiger partial charge in [-0.2, -0.15) is 5.10 Å². The minimum Gasteiger partial charge on any atom is -0.481 e. The fourth-order valence-corrected chi connectivity index (χ4v) is 2.45. The summed E-state index contributed by atoms with van der Waals surface area (Å²) in [6.07, 6.45) is 2.89. The summed E-state index contributed by atoms with van der Waals surface area (Å²) in [6, 6.07) is 9.42. The van der Waals surface area contributed by atoms with E-state index in [9.17, 15) is 19.7 Å². The van der Waals surface area contributed by atoms with Crippen LogP contribution in [0.3, 0.4) is 0 Å². The third-order valence-electron chi connectivity index (χ3n) is 3.77. The van der Waals surface area contributed by atoms with Gasteiger partial charge in [-0.25, -0.2) is 0 Å². The van der Waals surface area contributed by atoms with Crippen LogP contribution in [0.15, 0.2) is 42.7 Å². The molecule has 0 radical (unpaired) electrons. The number of carboxylic acid groups (broad SMARTS) is 1. The lowest BCUT2D eigenvalue weighted by molar-refractivity contribution is -0.385. The van der Waals surface area contributed by atoms with Gasteiger partial charge in [-0.3, -0.25) is 24.4 Å². The molecule has 0 unspecified atom stereocenters. The number of amides is 1. The van der Waals surface area contributed by atoms with Crippen molar-refractivity contribution in [3.8, 4) is 0 Å². The molecule has 1 N–H and O–H groups in total. The van der Waals surface area contributed by atoms with Crippen LogP contribution in [0, 0.1) is 10.1 Å². The highest BCUT2D eigenvalue weighted by Crippen LogP contribution is 2.11. The van der Waals surface area contributed by atoms with Crippen molar-refractivity contribution in [3.05, 3.63) is 58.4 Å². The summed E-state index contributed by atoms with van der Waals surface area (Å²) in [5.74, 6) is -1.06. The Hall–Kier alpha value is -3.23. The van der Waals surface area contributed by atoms with Crippen molar-refractivity contribution in [2.24, 2.45) is 0 Å². The molecule has 1 heterocycles. The lowest BCUT2D eigenvalue weighted by Gasteiger charge is -2.22. The molecule has 0 saturated carbocycles. The van der Waals surface area contributed by atoms with Crippen LogP contribution in [0.4, 0.5) is 5.69 Å². The largest absolute Gasteiger partial charge is 0.481 e. The van der Waals surface area contributed by atoms with Crippen molar-refractivity contribution in [2.75, 3.05) is 6.54 Å². The zero-order valence-corrected chi connectivity index (χ0v) is 14.2. The molecule has 1 amide bonds. The average Bonchev–Trinajstić information content (AvgIpc) is 3.09. The van der Waals surface area contributed by atoms with Crippen molar-refractivity contribution in [3.63, 3.8) is 0 Å². The van der Waals surface area contributed by atoms with Gasteiger partial charge < -0.3 is 10.0 Å². The number of hydrogen-bond donors (Lipinski definition) is 1. The molecule has 0 aliphatic carbocycles. The Balaban J connectivity index is 1.96. The van der Waals surface area contributed by atoms with Crippen LogP contribution in [0.25, 0.3) is 0 Å². The van der Waals surface area contributed by atoms with Crippen molar-refractivity contribution in [1.29, 1.82) is 0 Å². The van der Waals surface area contributed by atoms with Gasteiger partial charge in [-0.05, 0) is 12.0 Å². The molecule has 9 heteroatoms. The molecule has 1 aromatic carbocycles. The van der Waals surface area contributed by atoms with Crippen LogP contribution < -0.4 is 0 Å². The summed E-state index contributed by atoms with van der Waals surface area (Å²) in [5.41, 5.74) is 0.825. The minimum atomic E-state index is -0.902. The molecule has 2 aromatic rings. The van der Waals surface area contributed by atoms with E-state index in [1.54, 1.807) is 4.90 Å². The molecule has 0 aliphatic heterocycles. The Kier molecular flexibility index (Phi) is 6.84. The van der Waals surface area contributed by atoms with Crippen molar-refractivity contribution in [2.45, 2.75) is 32.4 Å². The number of nitrogens with zero attached hydrogens (tertiary/aromatic N) is 4. The van der Waals surface area contributed by atoms with Crippen molar-refractivity contribution < 1.29 is 19.6 Å². The summed E-state index contributed by atoms with van der Waals surface area (Å²) >= 11 is 0. The Morgan fingerprint density at radius 2 is 1.96 bits per heavy atom. The van der Waals surface area contributed by atoms with Gasteiger partial charge in [0.25, 0.3) is 0 Å². The first-order valence-electron chi connectivity index (χ1n) is 8.16. The maximum atomic E-state index is 12.5. The smallest absolute Gasteiger partial charge is 0.306 e. The molecular weight excluding hydrogens is 340 g/mol. The van der Waals surface area contributed by atoms with Gasteiger partial charge in [-0.1, -0.05) is 30.3 Å². The van der Waals surface area contributed by atoms with E-state index in [2.05, 4.69) is 5.10 Å². The third-order valence-corrected chi connectivity index (χ3v) is 3.77. The minimum absolute atomic E-state index is 0.01000. The molecule has 0 bridgehead atoms. The quantitative estimate of drug-likeness (QED) is 0.512. The zero-order chi connectivity index (χ0) is 18.9. The first-order valence-corrected chi connectivity index (χ1v) is 8.16. The van der Waals surface area contributed by atoms with E-state index in [0.717, 1.165) is 11.8 Å². The van der Waals surface area contributed by atoms with Gasteiger partial charge in [0.05, 0.1) is 4.92 Å². The van der Waals surface area contributed by atoms with Gasteiger partial charge in [0, 0.05) is 32.5 Å². The zero-order valence-electron chi connectivity index (χ0n) is 14.2. The van der Waals surface area contributed by atoms with E-state index in [0.29, 0.717) is 19.5 Å². The van der Waals surface area contributed by atoms with Crippen LogP contribution in [0.2, 0.25) is 0 Å². The summed E-state index contributed by atoms with van der Waals surface area (Å²) in [7, 11) is 0. The number of aliphatic carboxylic acids is 1. The number of carbonyl (C=O) groups is 2. The number of aryl methyl sites for hydroxylation is 1. The molecule has 0 saturated heterocycles. The Morgan fingerprint density at radius 3 is 2.58 bits per heavy atom. The molecule has 138 valence electrons. The molecular formula is C17H20N4O5. The summed E-state index contributed by atoms with van der Waals surface area (Å²) in [4.78, 5) is 35.0. The second kappa shape index (κ2) is 9.30. The number of carbonyl (C=O) groups excluding carboxylic acids is 1. The van der Waals surface area contributed by atoms with Gasteiger partial charge in [0.1, 0.15) is 12.4 Å². The van der Waals surface area contributed by atoms with E-state index in [1.165, 1.54) is 10.9 Å². The normalized spacial score (nSPS) is 10.5. The highest BCUT2D eigenvalue weighted by Gasteiger charge is 2.16. The first kappa shape index (κ1) is 19.1. The molecule has 26 heavy (non-hydrogen) atoms. The molecule has 0 fully saturated rings. The highest BCUT2D eigenvalue weighted by atomic mass is 16.6. The number of nitro groups is 1. The lowest BCUT2D eigenvalue weighted by Crippen LogP contribution is -2.32. The fourth-order valence-electron chi connectivity index (χ4n) is 2.45. The molecule has 0 atom stereocenters. The monoisotopic (exact) mass is 360 g/mol. The van der Waals surface area contributed by atoms with Gasteiger partial charge in [0.2, 0.25) is 5.91 Å². The SMILES string of the molecule is O=C(O)CCCN(Cc1ccccc1)C(=O)CCn1cc([N+](=O)[O-])cn1. The Bertz CT molecular complexity index is 760. The Labute approximate surface area is 150 Å². The maximum Gasteiger partial charge on any atom is 0.306 e. The molecule has 0 spiro atoms. The van der Waals surface area contributed by atoms with E-state index in [4.69, 9.17) is 5.11 Å². The van der Waals surface area contributed by atoms with E-state index < -0.39 is 10.9 Å². The molecule has 0 aliphatic rings. The number of benzene rings is 1. The molecule has 9 nitrogen and oxygen atoms in total. The number of carboxylic acids is 1. The predicted octanol–water partition coefficient (Wildman–Crippen LogP) is 2.07. The second-order valence-corrected chi connectivity index (χ2v) is 5.77. The third kappa shape index (κ3) is 6.00. The predicted molar refractivity (Wildman–Crippen MR) is 92.2 cm³/mol. The maximum absolute atomic E-state index is 12.5. The van der Waals surface area contributed by atoms with Crippen molar-refractivity contribution >= 4 is 17.6 Å². The van der Waals surface area contributed by atoms with Crippen LogP contribution in [-0.4, -0.2) is 43.1 Å². The topological polar surface area (TPSA) is 119 Å². The standard InChI is InChI=1S/C17H20N4O5/c22-16(8-10-20-13-15(11-18-20)21(25)26)19(9-4-7-17(23)24)12-14-5-2-1-3-6-14/h1-3,5-6,11,13H,4,7-10,12H2,(H,23,24). The van der Waals surface area contributed by atoms with Gasteiger partial charge >= 0.3 is 11.7 Å². The Morgan fingerprint density at radius 1 is 1.23 bits per heavy atom. The van der Waals surface area contributed by atoms with Crippen LogP contribution in [0.1, 0.15) is 24.8 Å². The van der Waals surface area contributed by atoms with E-state index in [1.807, 2.05) is 30.3 Å². The lowest BCUT2D eigenvalue weighted by atomic mass is 10.2. The average molecular weight is 360 g/mol. The summed E-state index contributed by atoms with van der Waals surface area (Å²) in [6.45, 7) is 0.939. The molecule has 2 rings (SSSR count). The number of rotatable bonds is 10. The summed E-state index contributed by atoms with van der Waals surface area (Å²) < 4.78 is 1.36. The number of aromatic nitrogens is 2. The fraction of sp³-hybridized carbons (Fsp3) is 0.353. The van der Waals surface area contributed by atoms with E-state index >= 15 is 0 Å². The second-order valence-electron chi connectivity index (χ2n) is 5.77. The van der Waals surface area contributed by atoms with Gasteiger partial charge in [0.15, 0.2) is 0 Å². The highest BCUT2D eigenvalue weighted by molar-refractivity contribution is 5.76. The summed E-state index contributed by atoms with van der Waals surface area (Å²) in [5, 5.41) is 23.3. The number of hydrogen-bond acceptors (Lipinski definition) is 5. The van der Waals surface area contributed by atoms with Gasteiger partial charge in [-0.15, -0.1) is 0 Å². The van der Waals surface area contributed by atoms with Crippen LogP contribution in [0.5, 0.6) is 0 Å². The van der Waals surface area contributed by atoms with Crippen molar-refractivity contribution in [1.82, 2.24) is 14.7 Å². The molecule has 1 aromatic heterocycles. The first-order chi connectivity index (χ1) is 12.5.